The minimum Gasteiger partial charge on any atom is -0.493 e. The Morgan fingerprint density at radius 2 is 1.32 bits per heavy atom. The fourth-order valence-electron chi connectivity index (χ4n) is 3.60. The summed E-state index contributed by atoms with van der Waals surface area (Å²) in [5.74, 6) is -0.695. The first-order valence-electron chi connectivity index (χ1n) is 10.4. The molecule has 3 aromatic carbocycles. The van der Waals surface area contributed by atoms with Gasteiger partial charge in [-0.2, -0.15) is 35.1 Å². The fourth-order valence-corrected chi connectivity index (χ4v) is 3.60. The summed E-state index contributed by atoms with van der Waals surface area (Å²) in [7, 11) is 0. The van der Waals surface area contributed by atoms with Gasteiger partial charge in [-0.3, -0.25) is 4.57 Å². The molecule has 1 heterocycles. The third kappa shape index (κ3) is 5.79. The number of hydrogen-bond donors (Lipinski definition) is 2. The van der Waals surface area contributed by atoms with Gasteiger partial charge in [0.05, 0.1) is 16.8 Å². The number of nitrogens with zero attached hydrogens (tertiary/aromatic N) is 1. The van der Waals surface area contributed by atoms with E-state index in [2.05, 4.69) is 10.1 Å². The molecule has 0 amide bonds. The molecular weight excluding hydrogens is 512 g/mol. The van der Waals surface area contributed by atoms with Gasteiger partial charge in [-0.25, -0.2) is 0 Å². The van der Waals surface area contributed by atoms with E-state index in [9.17, 15) is 40.2 Å². The van der Waals surface area contributed by atoms with Crippen molar-refractivity contribution in [3.05, 3.63) is 90.0 Å². The molecule has 0 aliphatic carbocycles. The first kappa shape index (κ1) is 25.9. The maximum Gasteiger partial charge on any atom is 0.416 e. The minimum absolute atomic E-state index is 0.00478. The van der Waals surface area contributed by atoms with E-state index in [4.69, 9.17) is 0 Å². The molecule has 0 unspecified atom stereocenters. The quantitative estimate of drug-likeness (QED) is 0.248. The van der Waals surface area contributed by atoms with E-state index in [0.717, 1.165) is 53.1 Å². The van der Waals surface area contributed by atoms with E-state index in [-0.39, 0.29) is 34.1 Å². The van der Waals surface area contributed by atoms with Gasteiger partial charge in [0.15, 0.2) is 0 Å². The standard InChI is InChI=1S/C25H16F8N2O2/c26-23(27)37-19-3-1-2-14(12-19)21-13-20(34-17-8-4-15(5-9-17)24(28,29)30)22(36)35(21)18-10-6-16(7-11-18)25(31,32)33/h1-13,23,34,36H. The Morgan fingerprint density at radius 3 is 1.86 bits per heavy atom. The summed E-state index contributed by atoms with van der Waals surface area (Å²) in [5.41, 5.74) is -1.12. The highest BCUT2D eigenvalue weighted by atomic mass is 19.4. The first-order chi connectivity index (χ1) is 17.3. The molecule has 0 aliphatic rings. The van der Waals surface area contributed by atoms with Gasteiger partial charge < -0.3 is 15.2 Å². The summed E-state index contributed by atoms with van der Waals surface area (Å²) in [5, 5.41) is 13.7. The van der Waals surface area contributed by atoms with Crippen molar-refractivity contribution in [2.24, 2.45) is 0 Å². The van der Waals surface area contributed by atoms with E-state index in [1.807, 2.05) is 0 Å². The van der Waals surface area contributed by atoms with Crippen molar-refractivity contribution in [3.8, 4) is 28.6 Å². The summed E-state index contributed by atoms with van der Waals surface area (Å²) in [6.07, 6.45) is -9.15. The van der Waals surface area contributed by atoms with Gasteiger partial charge in [-0.1, -0.05) is 12.1 Å². The maximum atomic E-state index is 13.0. The number of halogens is 8. The molecule has 12 heteroatoms. The zero-order chi connectivity index (χ0) is 27.0. The maximum absolute atomic E-state index is 13.0. The zero-order valence-electron chi connectivity index (χ0n) is 18.4. The summed E-state index contributed by atoms with van der Waals surface area (Å²) in [4.78, 5) is 0. The lowest BCUT2D eigenvalue weighted by molar-refractivity contribution is -0.138. The van der Waals surface area contributed by atoms with Crippen LogP contribution in [0.1, 0.15) is 11.1 Å². The second kappa shape index (κ2) is 9.68. The van der Waals surface area contributed by atoms with Crippen molar-refractivity contribution in [1.29, 1.82) is 0 Å². The summed E-state index contributed by atoms with van der Waals surface area (Å²) in [6.45, 7) is -3.11. The minimum atomic E-state index is -4.60. The molecule has 1 aromatic heterocycles. The third-order valence-electron chi connectivity index (χ3n) is 5.27. The average Bonchev–Trinajstić information content (AvgIpc) is 3.14. The Kier molecular flexibility index (Phi) is 6.76. The third-order valence-corrected chi connectivity index (χ3v) is 5.27. The molecule has 0 aliphatic heterocycles. The average molecular weight is 528 g/mol. The SMILES string of the molecule is Oc1c(Nc2ccc(C(F)(F)F)cc2)cc(-c2cccc(OC(F)F)c2)n1-c1ccc(C(F)(F)F)cc1. The van der Waals surface area contributed by atoms with Crippen molar-refractivity contribution in [2.75, 3.05) is 5.32 Å². The molecule has 4 rings (SSSR count). The smallest absolute Gasteiger partial charge is 0.416 e. The van der Waals surface area contributed by atoms with Gasteiger partial charge in [0.2, 0.25) is 5.88 Å². The van der Waals surface area contributed by atoms with E-state index >= 15 is 0 Å². The number of alkyl halides is 8. The predicted octanol–water partition coefficient (Wildman–Crippen LogP) is 8.23. The van der Waals surface area contributed by atoms with Crippen LogP contribution in [0.4, 0.5) is 46.5 Å². The fraction of sp³-hybridized carbons (Fsp3) is 0.120. The van der Waals surface area contributed by atoms with Crippen LogP contribution in [0, 0.1) is 0 Å². The number of aromatic hydroxyl groups is 1. The van der Waals surface area contributed by atoms with Crippen molar-refractivity contribution >= 4 is 11.4 Å². The molecule has 37 heavy (non-hydrogen) atoms. The summed E-state index contributed by atoms with van der Waals surface area (Å²) < 4.78 is 109. The van der Waals surface area contributed by atoms with Crippen LogP contribution < -0.4 is 10.1 Å². The van der Waals surface area contributed by atoms with Crippen molar-refractivity contribution in [1.82, 2.24) is 4.57 Å². The highest BCUT2D eigenvalue weighted by Gasteiger charge is 2.31. The van der Waals surface area contributed by atoms with Crippen LogP contribution in [0.15, 0.2) is 78.9 Å². The Balaban J connectivity index is 1.79. The molecule has 0 spiro atoms. The van der Waals surface area contributed by atoms with Gasteiger partial charge in [-0.15, -0.1) is 0 Å². The Bertz CT molecular complexity index is 1380. The lowest BCUT2D eigenvalue weighted by atomic mass is 10.1. The molecule has 4 aromatic rings. The first-order valence-corrected chi connectivity index (χ1v) is 10.4. The van der Waals surface area contributed by atoms with Crippen molar-refractivity contribution in [2.45, 2.75) is 19.0 Å². The van der Waals surface area contributed by atoms with Crippen LogP contribution in [0.2, 0.25) is 0 Å². The molecule has 0 bridgehead atoms. The van der Waals surface area contributed by atoms with Gasteiger partial charge in [0.25, 0.3) is 0 Å². The van der Waals surface area contributed by atoms with Crippen LogP contribution in [-0.2, 0) is 12.4 Å². The second-order valence-electron chi connectivity index (χ2n) is 7.75. The second-order valence-corrected chi connectivity index (χ2v) is 7.75. The highest BCUT2D eigenvalue weighted by Crippen LogP contribution is 2.40. The van der Waals surface area contributed by atoms with Crippen LogP contribution >= 0.6 is 0 Å². The van der Waals surface area contributed by atoms with E-state index in [1.54, 1.807) is 0 Å². The van der Waals surface area contributed by atoms with Gasteiger partial charge >= 0.3 is 19.0 Å². The molecule has 0 saturated heterocycles. The van der Waals surface area contributed by atoms with Crippen LogP contribution in [0.3, 0.4) is 0 Å². The number of aromatic nitrogens is 1. The van der Waals surface area contributed by atoms with Gasteiger partial charge in [0, 0.05) is 16.9 Å². The Hall–Kier alpha value is -4.22. The molecular formula is C25H16F8N2O2. The van der Waals surface area contributed by atoms with E-state index in [0.29, 0.717) is 0 Å². The normalized spacial score (nSPS) is 12.1. The summed E-state index contributed by atoms with van der Waals surface area (Å²) >= 11 is 0. The number of benzene rings is 3. The Labute approximate surface area is 204 Å². The highest BCUT2D eigenvalue weighted by molar-refractivity contribution is 5.77. The monoisotopic (exact) mass is 528 g/mol. The lowest BCUT2D eigenvalue weighted by Gasteiger charge is -2.14. The van der Waals surface area contributed by atoms with E-state index < -0.39 is 36.0 Å². The molecule has 4 nitrogen and oxygen atoms in total. The van der Waals surface area contributed by atoms with Crippen LogP contribution in [0.5, 0.6) is 11.6 Å². The Morgan fingerprint density at radius 1 is 0.757 bits per heavy atom. The van der Waals surface area contributed by atoms with Crippen molar-refractivity contribution < 1.29 is 45.0 Å². The number of rotatable bonds is 6. The predicted molar refractivity (Wildman–Crippen MR) is 119 cm³/mol. The van der Waals surface area contributed by atoms with Gasteiger partial charge in [0.1, 0.15) is 11.4 Å². The number of ether oxygens (including phenoxy) is 1. The topological polar surface area (TPSA) is 46.4 Å². The summed E-state index contributed by atoms with van der Waals surface area (Å²) in [6, 6.07) is 14.5. The number of hydrogen-bond acceptors (Lipinski definition) is 3. The largest absolute Gasteiger partial charge is 0.493 e. The van der Waals surface area contributed by atoms with E-state index in [1.165, 1.54) is 30.3 Å². The van der Waals surface area contributed by atoms with Crippen molar-refractivity contribution in [3.63, 3.8) is 0 Å². The molecule has 0 fully saturated rings. The molecule has 2 N–H and O–H groups in total. The number of nitrogens with one attached hydrogen (secondary N) is 1. The van der Waals surface area contributed by atoms with Crippen LogP contribution in [-0.4, -0.2) is 16.3 Å². The van der Waals surface area contributed by atoms with Gasteiger partial charge in [-0.05, 0) is 66.7 Å². The van der Waals surface area contributed by atoms with Crippen LogP contribution in [0.25, 0.3) is 16.9 Å². The molecule has 0 atom stereocenters. The molecule has 0 radical (unpaired) electrons. The molecule has 194 valence electrons. The zero-order valence-corrected chi connectivity index (χ0v) is 18.4. The molecule has 0 saturated carbocycles. The number of anilines is 2. The lowest BCUT2D eigenvalue weighted by Crippen LogP contribution is -2.05.